The van der Waals surface area contributed by atoms with Crippen molar-refractivity contribution in [2.45, 2.75) is 44.2 Å². The smallest absolute Gasteiger partial charge is 0.315 e. The molecule has 108 valence electrons. The minimum atomic E-state index is -0.506. The van der Waals surface area contributed by atoms with Crippen LogP contribution in [0.2, 0.25) is 0 Å². The van der Waals surface area contributed by atoms with E-state index in [0.29, 0.717) is 11.5 Å². The first-order valence-electron chi connectivity index (χ1n) is 7.02. The molecule has 0 aliphatic heterocycles. The molecule has 1 aromatic carbocycles. The fourth-order valence-corrected chi connectivity index (χ4v) is 2.88. The molecule has 0 atom stereocenters. The van der Waals surface area contributed by atoms with E-state index in [-0.39, 0.29) is 6.03 Å². The van der Waals surface area contributed by atoms with Crippen LogP contribution in [0.15, 0.2) is 30.3 Å². The van der Waals surface area contributed by atoms with Gasteiger partial charge in [-0.05, 0) is 18.4 Å². The van der Waals surface area contributed by atoms with Crippen LogP contribution in [0.5, 0.6) is 0 Å². The molecule has 0 saturated heterocycles. The van der Waals surface area contributed by atoms with Gasteiger partial charge in [-0.2, -0.15) is 0 Å². The molecule has 0 heterocycles. The Balaban J connectivity index is 1.90. The lowest BCUT2D eigenvalue weighted by molar-refractivity contribution is 0.224. The SMILES string of the molecule is NC(=S)C1(NC(=O)NCc2ccccc2)CCCCC1. The molecule has 5 heteroatoms. The third kappa shape index (κ3) is 3.70. The first-order chi connectivity index (χ1) is 9.62. The topological polar surface area (TPSA) is 67.1 Å². The number of benzene rings is 1. The highest BCUT2D eigenvalue weighted by molar-refractivity contribution is 7.80. The highest BCUT2D eigenvalue weighted by Gasteiger charge is 2.36. The molecule has 1 saturated carbocycles. The number of carbonyl (C=O) groups is 1. The zero-order valence-electron chi connectivity index (χ0n) is 11.5. The molecule has 20 heavy (non-hydrogen) atoms. The second-order valence-electron chi connectivity index (χ2n) is 5.30. The van der Waals surface area contributed by atoms with Crippen molar-refractivity contribution in [1.82, 2.24) is 10.6 Å². The quantitative estimate of drug-likeness (QED) is 0.747. The van der Waals surface area contributed by atoms with Crippen LogP contribution in [0.3, 0.4) is 0 Å². The standard InChI is InChI=1S/C15H21N3OS/c16-13(20)15(9-5-2-6-10-15)18-14(19)17-11-12-7-3-1-4-8-12/h1,3-4,7-8H,2,5-6,9-11H2,(H2,16,20)(H2,17,18,19). The molecular formula is C15H21N3OS. The average Bonchev–Trinajstić information content (AvgIpc) is 2.47. The molecule has 0 bridgehead atoms. The van der Waals surface area contributed by atoms with Crippen molar-refractivity contribution < 1.29 is 4.79 Å². The molecule has 2 rings (SSSR count). The first kappa shape index (κ1) is 14.8. The maximum absolute atomic E-state index is 12.1. The van der Waals surface area contributed by atoms with Crippen LogP contribution in [0.1, 0.15) is 37.7 Å². The van der Waals surface area contributed by atoms with Crippen LogP contribution in [0, 0.1) is 0 Å². The predicted molar refractivity (Wildman–Crippen MR) is 84.4 cm³/mol. The summed E-state index contributed by atoms with van der Waals surface area (Å²) in [5.74, 6) is 0. The molecule has 1 aliphatic carbocycles. The Morgan fingerprint density at radius 2 is 1.85 bits per heavy atom. The molecule has 0 radical (unpaired) electrons. The number of amides is 2. The Bertz CT molecular complexity index is 469. The Hall–Kier alpha value is -1.62. The van der Waals surface area contributed by atoms with Crippen LogP contribution in [-0.2, 0) is 6.54 Å². The molecule has 0 aromatic heterocycles. The Labute approximate surface area is 125 Å². The van der Waals surface area contributed by atoms with Gasteiger partial charge in [0.1, 0.15) is 0 Å². The Morgan fingerprint density at radius 1 is 1.20 bits per heavy atom. The van der Waals surface area contributed by atoms with Gasteiger partial charge in [-0.25, -0.2) is 4.79 Å². The molecule has 2 amide bonds. The highest BCUT2D eigenvalue weighted by Crippen LogP contribution is 2.28. The fraction of sp³-hybridized carbons (Fsp3) is 0.467. The molecule has 0 unspecified atom stereocenters. The van der Waals surface area contributed by atoms with Crippen LogP contribution in [0.25, 0.3) is 0 Å². The summed E-state index contributed by atoms with van der Waals surface area (Å²) in [5, 5.41) is 5.85. The van der Waals surface area contributed by atoms with Crippen molar-refractivity contribution in [2.24, 2.45) is 5.73 Å². The summed E-state index contributed by atoms with van der Waals surface area (Å²) < 4.78 is 0. The molecule has 1 fully saturated rings. The zero-order chi connectivity index (χ0) is 14.4. The minimum Gasteiger partial charge on any atom is -0.391 e. The van der Waals surface area contributed by atoms with Crippen LogP contribution in [0.4, 0.5) is 4.79 Å². The van der Waals surface area contributed by atoms with Crippen molar-refractivity contribution in [3.63, 3.8) is 0 Å². The van der Waals surface area contributed by atoms with Crippen molar-refractivity contribution in [3.05, 3.63) is 35.9 Å². The van der Waals surface area contributed by atoms with Gasteiger partial charge in [0.15, 0.2) is 0 Å². The number of urea groups is 1. The van der Waals surface area contributed by atoms with Gasteiger partial charge in [-0.1, -0.05) is 61.8 Å². The lowest BCUT2D eigenvalue weighted by atomic mass is 9.81. The van der Waals surface area contributed by atoms with Gasteiger partial charge in [0.05, 0.1) is 10.5 Å². The van der Waals surface area contributed by atoms with E-state index in [4.69, 9.17) is 18.0 Å². The van der Waals surface area contributed by atoms with Crippen molar-refractivity contribution in [2.75, 3.05) is 0 Å². The van der Waals surface area contributed by atoms with E-state index in [1.165, 1.54) is 6.42 Å². The molecule has 4 nitrogen and oxygen atoms in total. The number of hydrogen-bond donors (Lipinski definition) is 3. The van der Waals surface area contributed by atoms with Gasteiger partial charge < -0.3 is 16.4 Å². The number of carbonyl (C=O) groups excluding carboxylic acids is 1. The summed E-state index contributed by atoms with van der Waals surface area (Å²) in [6.07, 6.45) is 4.95. The monoisotopic (exact) mass is 291 g/mol. The predicted octanol–water partition coefficient (Wildman–Crippen LogP) is 2.47. The molecular weight excluding hydrogens is 270 g/mol. The second kappa shape index (κ2) is 6.70. The van der Waals surface area contributed by atoms with Crippen molar-refractivity contribution in [1.29, 1.82) is 0 Å². The van der Waals surface area contributed by atoms with E-state index in [0.717, 1.165) is 31.2 Å². The normalized spacial score (nSPS) is 17.2. The summed E-state index contributed by atoms with van der Waals surface area (Å²) in [7, 11) is 0. The summed E-state index contributed by atoms with van der Waals surface area (Å²) in [6, 6.07) is 9.60. The van der Waals surface area contributed by atoms with Gasteiger partial charge >= 0.3 is 6.03 Å². The number of nitrogens with one attached hydrogen (secondary N) is 2. The molecule has 1 aromatic rings. The molecule has 4 N–H and O–H groups in total. The van der Waals surface area contributed by atoms with Gasteiger partial charge in [0.2, 0.25) is 0 Å². The average molecular weight is 291 g/mol. The second-order valence-corrected chi connectivity index (χ2v) is 5.74. The van der Waals surface area contributed by atoms with E-state index in [9.17, 15) is 4.79 Å². The molecule has 1 aliphatic rings. The third-order valence-electron chi connectivity index (χ3n) is 3.83. The maximum atomic E-state index is 12.1. The minimum absolute atomic E-state index is 0.205. The lowest BCUT2D eigenvalue weighted by Crippen LogP contribution is -2.59. The largest absolute Gasteiger partial charge is 0.391 e. The van der Waals surface area contributed by atoms with E-state index in [2.05, 4.69) is 10.6 Å². The van der Waals surface area contributed by atoms with Crippen molar-refractivity contribution >= 4 is 23.2 Å². The van der Waals surface area contributed by atoms with Gasteiger partial charge in [-0.3, -0.25) is 0 Å². The summed E-state index contributed by atoms with van der Waals surface area (Å²) >= 11 is 5.16. The van der Waals surface area contributed by atoms with Gasteiger partial charge in [0.25, 0.3) is 0 Å². The zero-order valence-corrected chi connectivity index (χ0v) is 12.3. The summed E-state index contributed by atoms with van der Waals surface area (Å²) in [5.41, 5.74) is 6.41. The number of nitrogens with two attached hydrogens (primary N) is 1. The Morgan fingerprint density at radius 3 is 2.45 bits per heavy atom. The Kier molecular flexibility index (Phi) is 4.95. The van der Waals surface area contributed by atoms with Crippen LogP contribution < -0.4 is 16.4 Å². The summed E-state index contributed by atoms with van der Waals surface area (Å²) in [4.78, 5) is 12.5. The number of hydrogen-bond acceptors (Lipinski definition) is 2. The van der Waals surface area contributed by atoms with Crippen molar-refractivity contribution in [3.8, 4) is 0 Å². The van der Waals surface area contributed by atoms with Crippen LogP contribution >= 0.6 is 12.2 Å². The first-order valence-corrected chi connectivity index (χ1v) is 7.43. The van der Waals surface area contributed by atoms with Crippen LogP contribution in [-0.4, -0.2) is 16.6 Å². The van der Waals surface area contributed by atoms with Gasteiger partial charge in [0, 0.05) is 6.54 Å². The molecule has 0 spiro atoms. The number of thiocarbonyl (C=S) groups is 1. The number of rotatable bonds is 4. The highest BCUT2D eigenvalue weighted by atomic mass is 32.1. The van der Waals surface area contributed by atoms with E-state index in [1.54, 1.807) is 0 Å². The van der Waals surface area contributed by atoms with E-state index in [1.807, 2.05) is 30.3 Å². The van der Waals surface area contributed by atoms with Gasteiger partial charge in [-0.15, -0.1) is 0 Å². The fourth-order valence-electron chi connectivity index (χ4n) is 2.63. The third-order valence-corrected chi connectivity index (χ3v) is 4.22. The summed E-state index contributed by atoms with van der Waals surface area (Å²) in [6.45, 7) is 0.500. The van der Waals surface area contributed by atoms with E-state index >= 15 is 0 Å². The lowest BCUT2D eigenvalue weighted by Gasteiger charge is -2.37. The van der Waals surface area contributed by atoms with E-state index < -0.39 is 5.54 Å². The maximum Gasteiger partial charge on any atom is 0.315 e.